The molecule has 3 rings (SSSR count). The van der Waals surface area contributed by atoms with Crippen LogP contribution in [0.5, 0.6) is 0 Å². The predicted molar refractivity (Wildman–Crippen MR) is 105 cm³/mol. The van der Waals surface area contributed by atoms with Crippen molar-refractivity contribution in [2.45, 2.75) is 39.4 Å². The number of alkyl halides is 3. The third kappa shape index (κ3) is 3.87. The second kappa shape index (κ2) is 7.69. The van der Waals surface area contributed by atoms with Crippen molar-refractivity contribution in [3.63, 3.8) is 0 Å². The van der Waals surface area contributed by atoms with Crippen LogP contribution in [-0.4, -0.2) is 15.5 Å². The summed E-state index contributed by atoms with van der Waals surface area (Å²) in [7, 11) is 0. The zero-order valence-corrected chi connectivity index (χ0v) is 16.2. The fraction of sp³-hybridized carbons (Fsp3) is 0.286. The van der Waals surface area contributed by atoms with Crippen LogP contribution in [0.15, 0.2) is 47.3 Å². The lowest BCUT2D eigenvalue weighted by Gasteiger charge is -2.22. The number of halogens is 3. The van der Waals surface area contributed by atoms with Gasteiger partial charge in [-0.05, 0) is 43.5 Å². The number of aryl methyl sites for hydroxylation is 2. The number of aromatic nitrogens is 2. The van der Waals surface area contributed by atoms with Crippen molar-refractivity contribution in [3.05, 3.63) is 69.6 Å². The molecule has 8 heteroatoms. The maximum absolute atomic E-state index is 13.4. The summed E-state index contributed by atoms with van der Waals surface area (Å²) in [5, 5.41) is 2.78. The van der Waals surface area contributed by atoms with Gasteiger partial charge in [0.05, 0.1) is 11.0 Å². The Bertz CT molecular complexity index is 1120. The van der Waals surface area contributed by atoms with Gasteiger partial charge >= 0.3 is 6.18 Å². The molecular weight excluding hydrogens is 383 g/mol. The number of para-hydroxylation sites is 3. The molecule has 0 fully saturated rings. The molecule has 0 aliphatic rings. The maximum atomic E-state index is 13.4. The van der Waals surface area contributed by atoms with Gasteiger partial charge in [0, 0.05) is 5.69 Å². The molecule has 152 valence electrons. The number of fused-ring (bicyclic) bond motifs is 1. The van der Waals surface area contributed by atoms with Gasteiger partial charge in [-0.15, -0.1) is 0 Å². The Morgan fingerprint density at radius 1 is 1.10 bits per heavy atom. The molecule has 2 aromatic carbocycles. The zero-order chi connectivity index (χ0) is 21.3. The molecule has 0 spiro atoms. The molecule has 1 aromatic heterocycles. The van der Waals surface area contributed by atoms with Crippen molar-refractivity contribution in [3.8, 4) is 0 Å². The average Bonchev–Trinajstić information content (AvgIpc) is 2.66. The maximum Gasteiger partial charge on any atom is 0.438 e. The van der Waals surface area contributed by atoms with E-state index in [0.29, 0.717) is 5.69 Å². The molecule has 0 unspecified atom stereocenters. The standard InChI is InChI=1S/C21H20F3N3O2/c1-4-15(19(28)26-17-12(2)8-7-9-13(17)3)27-16-11-6-5-10-14(16)25-18(20(27)29)21(22,23)24/h5-11,15H,4H2,1-3H3,(H,26,28)/t15-/m1/s1. The van der Waals surface area contributed by atoms with Crippen LogP contribution in [0, 0.1) is 13.8 Å². The van der Waals surface area contributed by atoms with Crippen molar-refractivity contribution in [1.82, 2.24) is 9.55 Å². The number of anilines is 1. The van der Waals surface area contributed by atoms with Crippen LogP contribution < -0.4 is 10.9 Å². The Balaban J connectivity index is 2.18. The first kappa shape index (κ1) is 20.6. The number of rotatable bonds is 4. The summed E-state index contributed by atoms with van der Waals surface area (Å²) in [5.74, 6) is -0.559. The molecule has 29 heavy (non-hydrogen) atoms. The van der Waals surface area contributed by atoms with E-state index in [2.05, 4.69) is 10.3 Å². The first-order chi connectivity index (χ1) is 13.6. The predicted octanol–water partition coefficient (Wildman–Crippen LogP) is 4.62. The van der Waals surface area contributed by atoms with Crippen molar-refractivity contribution < 1.29 is 18.0 Å². The van der Waals surface area contributed by atoms with Crippen LogP contribution in [-0.2, 0) is 11.0 Å². The van der Waals surface area contributed by atoms with E-state index in [-0.39, 0.29) is 17.5 Å². The van der Waals surface area contributed by atoms with Crippen molar-refractivity contribution >= 4 is 22.6 Å². The highest BCUT2D eigenvalue weighted by molar-refractivity contribution is 5.96. The van der Waals surface area contributed by atoms with Gasteiger partial charge in [0.15, 0.2) is 0 Å². The SMILES string of the molecule is CC[C@H](C(=O)Nc1c(C)cccc1C)n1c(=O)c(C(F)(F)F)nc2ccccc21. The van der Waals surface area contributed by atoms with Crippen molar-refractivity contribution in [2.24, 2.45) is 0 Å². The molecule has 1 atom stereocenters. The molecule has 1 amide bonds. The number of amides is 1. The monoisotopic (exact) mass is 403 g/mol. The minimum Gasteiger partial charge on any atom is -0.324 e. The molecule has 0 aliphatic heterocycles. The number of benzene rings is 2. The molecule has 0 saturated heterocycles. The van der Waals surface area contributed by atoms with Gasteiger partial charge in [-0.3, -0.25) is 14.2 Å². The Labute approximate surface area is 165 Å². The third-order valence-electron chi connectivity index (χ3n) is 4.79. The van der Waals surface area contributed by atoms with Crippen LogP contribution >= 0.6 is 0 Å². The molecule has 0 bridgehead atoms. The molecule has 0 radical (unpaired) electrons. The number of carbonyl (C=O) groups is 1. The van der Waals surface area contributed by atoms with E-state index >= 15 is 0 Å². The molecule has 1 N–H and O–H groups in total. The smallest absolute Gasteiger partial charge is 0.324 e. The Morgan fingerprint density at radius 2 is 1.72 bits per heavy atom. The van der Waals surface area contributed by atoms with E-state index in [1.807, 2.05) is 32.0 Å². The third-order valence-corrected chi connectivity index (χ3v) is 4.79. The van der Waals surface area contributed by atoms with E-state index in [0.717, 1.165) is 15.7 Å². The van der Waals surface area contributed by atoms with Gasteiger partial charge in [0.2, 0.25) is 11.6 Å². The van der Waals surface area contributed by atoms with Crippen LogP contribution in [0.3, 0.4) is 0 Å². The Morgan fingerprint density at radius 3 is 2.31 bits per heavy atom. The van der Waals surface area contributed by atoms with Gasteiger partial charge in [-0.25, -0.2) is 4.98 Å². The quantitative estimate of drug-likeness (QED) is 0.691. The van der Waals surface area contributed by atoms with Crippen LogP contribution in [0.1, 0.15) is 36.2 Å². The summed E-state index contributed by atoms with van der Waals surface area (Å²) in [6, 6.07) is 10.3. The fourth-order valence-corrected chi connectivity index (χ4v) is 3.35. The average molecular weight is 403 g/mol. The first-order valence-corrected chi connectivity index (χ1v) is 9.10. The number of hydrogen-bond donors (Lipinski definition) is 1. The molecule has 5 nitrogen and oxygen atoms in total. The molecule has 1 heterocycles. The highest BCUT2D eigenvalue weighted by atomic mass is 19.4. The molecule has 3 aromatic rings. The van der Waals surface area contributed by atoms with Gasteiger partial charge in [0.25, 0.3) is 5.56 Å². The van der Waals surface area contributed by atoms with E-state index in [1.54, 1.807) is 13.0 Å². The van der Waals surface area contributed by atoms with E-state index in [4.69, 9.17) is 0 Å². The fourth-order valence-electron chi connectivity index (χ4n) is 3.35. The minimum atomic E-state index is -4.93. The lowest BCUT2D eigenvalue weighted by atomic mass is 10.1. The molecule has 0 saturated carbocycles. The highest BCUT2D eigenvalue weighted by Gasteiger charge is 2.38. The highest BCUT2D eigenvalue weighted by Crippen LogP contribution is 2.28. The van der Waals surface area contributed by atoms with E-state index < -0.39 is 29.4 Å². The van der Waals surface area contributed by atoms with Gasteiger partial charge < -0.3 is 5.32 Å². The van der Waals surface area contributed by atoms with Gasteiger partial charge in [-0.2, -0.15) is 13.2 Å². The Hall–Kier alpha value is -3.16. The van der Waals surface area contributed by atoms with Crippen LogP contribution in [0.25, 0.3) is 11.0 Å². The Kier molecular flexibility index (Phi) is 5.46. The minimum absolute atomic E-state index is 0.00209. The molecule has 0 aliphatic carbocycles. The summed E-state index contributed by atoms with van der Waals surface area (Å²) in [5.41, 5.74) is -0.480. The second-order valence-corrected chi connectivity index (χ2v) is 6.80. The van der Waals surface area contributed by atoms with Crippen molar-refractivity contribution in [1.29, 1.82) is 0 Å². The second-order valence-electron chi connectivity index (χ2n) is 6.80. The largest absolute Gasteiger partial charge is 0.438 e. The summed E-state index contributed by atoms with van der Waals surface area (Å²) < 4.78 is 41.1. The normalized spacial score (nSPS) is 12.8. The lowest BCUT2D eigenvalue weighted by Crippen LogP contribution is -2.37. The lowest BCUT2D eigenvalue weighted by molar-refractivity contribution is -0.142. The van der Waals surface area contributed by atoms with E-state index in [1.165, 1.54) is 18.2 Å². The summed E-state index contributed by atoms with van der Waals surface area (Å²) in [6.45, 7) is 5.28. The van der Waals surface area contributed by atoms with Gasteiger partial charge in [0.1, 0.15) is 6.04 Å². The zero-order valence-electron chi connectivity index (χ0n) is 16.2. The number of nitrogens with one attached hydrogen (secondary N) is 1. The number of carbonyl (C=O) groups excluding carboxylic acids is 1. The van der Waals surface area contributed by atoms with Gasteiger partial charge in [-0.1, -0.05) is 37.3 Å². The van der Waals surface area contributed by atoms with Crippen molar-refractivity contribution in [2.75, 3.05) is 5.32 Å². The summed E-state index contributed by atoms with van der Waals surface area (Å²) >= 11 is 0. The topological polar surface area (TPSA) is 64.0 Å². The first-order valence-electron chi connectivity index (χ1n) is 9.10. The summed E-state index contributed by atoms with van der Waals surface area (Å²) in [4.78, 5) is 29.3. The van der Waals surface area contributed by atoms with E-state index in [9.17, 15) is 22.8 Å². The molecular formula is C21H20F3N3O2. The summed E-state index contributed by atoms with van der Waals surface area (Å²) in [6.07, 6.45) is -4.80. The number of nitrogens with zero attached hydrogens (tertiary/aromatic N) is 2. The van der Waals surface area contributed by atoms with Crippen LogP contribution in [0.4, 0.5) is 18.9 Å². The number of hydrogen-bond acceptors (Lipinski definition) is 3. The van der Waals surface area contributed by atoms with Crippen LogP contribution in [0.2, 0.25) is 0 Å².